The normalized spacial score (nSPS) is 12.0. The van der Waals surface area contributed by atoms with E-state index in [-0.39, 0.29) is 11.3 Å². The highest BCUT2D eigenvalue weighted by atomic mass is 35.5. The van der Waals surface area contributed by atoms with Gasteiger partial charge in [-0.15, -0.1) is 0 Å². The lowest BCUT2D eigenvalue weighted by Crippen LogP contribution is -2.07. The Morgan fingerprint density at radius 2 is 1.80 bits per heavy atom. The number of hydrogen-bond donors (Lipinski definition) is 0. The zero-order valence-corrected chi connectivity index (χ0v) is 10.8. The van der Waals surface area contributed by atoms with Crippen LogP contribution in [0.25, 0.3) is 16.8 Å². The lowest BCUT2D eigenvalue weighted by Gasteiger charge is -2.10. The van der Waals surface area contributed by atoms with Crippen molar-refractivity contribution in [2.45, 2.75) is 6.18 Å². The Hall–Kier alpha value is -2.01. The van der Waals surface area contributed by atoms with Crippen molar-refractivity contribution in [2.24, 2.45) is 0 Å². The van der Waals surface area contributed by atoms with Gasteiger partial charge in [-0.25, -0.2) is 4.52 Å². The molecule has 0 bridgehead atoms. The Kier molecular flexibility index (Phi) is 2.94. The van der Waals surface area contributed by atoms with Gasteiger partial charge in [0.25, 0.3) is 0 Å². The van der Waals surface area contributed by atoms with Gasteiger partial charge in [0.05, 0.1) is 21.8 Å². The lowest BCUT2D eigenvalue weighted by atomic mass is 10.0. The first-order chi connectivity index (χ1) is 9.45. The van der Waals surface area contributed by atoms with E-state index in [9.17, 15) is 13.2 Å². The fourth-order valence-corrected chi connectivity index (χ4v) is 2.20. The molecule has 0 fully saturated rings. The molecule has 0 saturated heterocycles. The molecule has 0 aliphatic rings. The molecule has 0 unspecified atom stereocenters. The summed E-state index contributed by atoms with van der Waals surface area (Å²) in [6, 6.07) is 10.3. The molecule has 3 aromatic rings. The monoisotopic (exact) mass is 296 g/mol. The van der Waals surface area contributed by atoms with E-state index in [0.29, 0.717) is 10.5 Å². The maximum Gasteiger partial charge on any atom is 0.417 e. The SMILES string of the molecule is FC(F)(F)c1ccccc1-c1cc2ccc(Cl)cn2n1. The molecule has 0 saturated carbocycles. The molecule has 0 N–H and O–H groups in total. The summed E-state index contributed by atoms with van der Waals surface area (Å²) >= 11 is 5.84. The zero-order valence-electron chi connectivity index (χ0n) is 10.0. The first kappa shape index (κ1) is 13.0. The summed E-state index contributed by atoms with van der Waals surface area (Å²) in [4.78, 5) is 0. The molecule has 2 heterocycles. The van der Waals surface area contributed by atoms with Crippen molar-refractivity contribution in [3.63, 3.8) is 0 Å². The van der Waals surface area contributed by atoms with Crippen LogP contribution in [-0.2, 0) is 6.18 Å². The van der Waals surface area contributed by atoms with Gasteiger partial charge >= 0.3 is 6.18 Å². The summed E-state index contributed by atoms with van der Waals surface area (Å²) in [5.74, 6) is 0. The van der Waals surface area contributed by atoms with E-state index in [1.807, 2.05) is 0 Å². The van der Waals surface area contributed by atoms with Crippen LogP contribution in [0.3, 0.4) is 0 Å². The van der Waals surface area contributed by atoms with Crippen LogP contribution in [0.2, 0.25) is 5.02 Å². The first-order valence-corrected chi connectivity index (χ1v) is 6.14. The topological polar surface area (TPSA) is 17.3 Å². The lowest BCUT2D eigenvalue weighted by molar-refractivity contribution is -0.137. The van der Waals surface area contributed by atoms with Gasteiger partial charge in [-0.1, -0.05) is 29.8 Å². The predicted octanol–water partition coefficient (Wildman–Crippen LogP) is 4.67. The Balaban J connectivity index is 2.21. The number of aromatic nitrogens is 2. The Morgan fingerprint density at radius 3 is 2.55 bits per heavy atom. The molecule has 0 spiro atoms. The van der Waals surface area contributed by atoms with E-state index < -0.39 is 11.7 Å². The van der Waals surface area contributed by atoms with Gasteiger partial charge in [-0.3, -0.25) is 0 Å². The maximum atomic E-state index is 13.0. The Morgan fingerprint density at radius 1 is 1.05 bits per heavy atom. The van der Waals surface area contributed by atoms with E-state index in [0.717, 1.165) is 6.07 Å². The molecule has 1 aromatic carbocycles. The molecule has 3 rings (SSSR count). The molecule has 6 heteroatoms. The largest absolute Gasteiger partial charge is 0.417 e. The van der Waals surface area contributed by atoms with Crippen LogP contribution in [-0.4, -0.2) is 9.61 Å². The highest BCUT2D eigenvalue weighted by Crippen LogP contribution is 2.36. The Labute approximate surface area is 117 Å². The first-order valence-electron chi connectivity index (χ1n) is 5.77. The molecular weight excluding hydrogens is 289 g/mol. The number of halogens is 4. The van der Waals surface area contributed by atoms with Crippen molar-refractivity contribution in [1.29, 1.82) is 0 Å². The molecule has 102 valence electrons. The molecule has 0 radical (unpaired) electrons. The summed E-state index contributed by atoms with van der Waals surface area (Å²) in [7, 11) is 0. The number of fused-ring (bicyclic) bond motifs is 1. The molecule has 0 aliphatic heterocycles. The average Bonchev–Trinajstić information content (AvgIpc) is 2.80. The third-order valence-corrected chi connectivity index (χ3v) is 3.16. The molecule has 2 aromatic heterocycles. The van der Waals surface area contributed by atoms with E-state index in [4.69, 9.17) is 11.6 Å². The number of pyridine rings is 1. The second kappa shape index (κ2) is 4.52. The predicted molar refractivity (Wildman–Crippen MR) is 70.6 cm³/mol. The van der Waals surface area contributed by atoms with Crippen LogP contribution in [0.1, 0.15) is 5.56 Å². The van der Waals surface area contributed by atoms with Crippen molar-refractivity contribution >= 4 is 17.1 Å². The summed E-state index contributed by atoms with van der Waals surface area (Å²) in [6.07, 6.45) is -2.86. The zero-order chi connectivity index (χ0) is 14.3. The van der Waals surface area contributed by atoms with E-state index in [1.54, 1.807) is 30.5 Å². The van der Waals surface area contributed by atoms with Crippen molar-refractivity contribution in [3.05, 3.63) is 59.2 Å². The van der Waals surface area contributed by atoms with Crippen LogP contribution in [0.15, 0.2) is 48.7 Å². The average molecular weight is 297 g/mol. The fourth-order valence-electron chi connectivity index (χ4n) is 2.05. The maximum absolute atomic E-state index is 13.0. The second-order valence-corrected chi connectivity index (χ2v) is 4.73. The third-order valence-electron chi connectivity index (χ3n) is 2.93. The Bertz CT molecular complexity index is 777. The minimum atomic E-state index is -4.41. The summed E-state index contributed by atoms with van der Waals surface area (Å²) in [5.41, 5.74) is 0.302. The van der Waals surface area contributed by atoms with Crippen molar-refractivity contribution in [2.75, 3.05) is 0 Å². The van der Waals surface area contributed by atoms with Crippen LogP contribution in [0.5, 0.6) is 0 Å². The molecule has 0 amide bonds. The van der Waals surface area contributed by atoms with E-state index in [1.165, 1.54) is 16.6 Å². The van der Waals surface area contributed by atoms with Gasteiger partial charge in [0, 0.05) is 11.8 Å². The van der Waals surface area contributed by atoms with Crippen LogP contribution >= 0.6 is 11.6 Å². The van der Waals surface area contributed by atoms with E-state index >= 15 is 0 Å². The highest BCUT2D eigenvalue weighted by Gasteiger charge is 2.33. The van der Waals surface area contributed by atoms with E-state index in [2.05, 4.69) is 5.10 Å². The minimum Gasteiger partial charge on any atom is -0.239 e. The summed E-state index contributed by atoms with van der Waals surface area (Å²) in [6.45, 7) is 0. The van der Waals surface area contributed by atoms with Crippen LogP contribution in [0.4, 0.5) is 13.2 Å². The summed E-state index contributed by atoms with van der Waals surface area (Å²) < 4.78 is 40.5. The quantitative estimate of drug-likeness (QED) is 0.637. The number of nitrogens with zero attached hydrogens (tertiary/aromatic N) is 2. The minimum absolute atomic E-state index is 0.0554. The van der Waals surface area contributed by atoms with Gasteiger partial charge in [-0.2, -0.15) is 18.3 Å². The van der Waals surface area contributed by atoms with Crippen molar-refractivity contribution in [1.82, 2.24) is 9.61 Å². The molecular formula is C14H8ClF3N2. The number of benzene rings is 1. The highest BCUT2D eigenvalue weighted by molar-refractivity contribution is 6.30. The smallest absolute Gasteiger partial charge is 0.239 e. The standard InChI is InChI=1S/C14H8ClF3N2/c15-9-5-6-10-7-13(19-20(10)8-9)11-3-1-2-4-12(11)14(16,17)18/h1-8H. The van der Waals surface area contributed by atoms with Gasteiger partial charge in [0.1, 0.15) is 0 Å². The van der Waals surface area contributed by atoms with Crippen molar-refractivity contribution < 1.29 is 13.2 Å². The molecule has 0 atom stereocenters. The van der Waals surface area contributed by atoms with Gasteiger partial charge < -0.3 is 0 Å². The third kappa shape index (κ3) is 2.25. The van der Waals surface area contributed by atoms with Gasteiger partial charge in [0.2, 0.25) is 0 Å². The van der Waals surface area contributed by atoms with Gasteiger partial charge in [-0.05, 0) is 24.3 Å². The number of alkyl halides is 3. The summed E-state index contributed by atoms with van der Waals surface area (Å²) in [5, 5.41) is 4.62. The molecule has 20 heavy (non-hydrogen) atoms. The molecule has 2 nitrogen and oxygen atoms in total. The second-order valence-electron chi connectivity index (χ2n) is 4.29. The number of rotatable bonds is 1. The van der Waals surface area contributed by atoms with Gasteiger partial charge in [0.15, 0.2) is 0 Å². The van der Waals surface area contributed by atoms with Crippen LogP contribution < -0.4 is 0 Å². The van der Waals surface area contributed by atoms with Crippen molar-refractivity contribution in [3.8, 4) is 11.3 Å². The molecule has 0 aliphatic carbocycles. The fraction of sp³-hybridized carbons (Fsp3) is 0.0714. The number of hydrogen-bond acceptors (Lipinski definition) is 1. The van der Waals surface area contributed by atoms with Crippen LogP contribution in [0, 0.1) is 0 Å².